The number of rotatable bonds is 5. The number of carbonyl (C=O) groups excluding carboxylic acids is 1. The Morgan fingerprint density at radius 2 is 2.11 bits per heavy atom. The van der Waals surface area contributed by atoms with E-state index in [4.69, 9.17) is 10.9 Å². The molecule has 5 heteroatoms. The zero-order chi connectivity index (χ0) is 13.0. The summed E-state index contributed by atoms with van der Waals surface area (Å²) in [6, 6.07) is 9.08. The number of nitrogens with two attached hydrogens (primary N) is 1. The molecule has 1 aromatic rings. The Kier molecular flexibility index (Phi) is 3.82. The second kappa shape index (κ2) is 5.53. The van der Waals surface area contributed by atoms with E-state index in [0.717, 1.165) is 5.56 Å². The van der Waals surface area contributed by atoms with Gasteiger partial charge in [0.2, 0.25) is 5.91 Å². The van der Waals surface area contributed by atoms with Gasteiger partial charge in [-0.1, -0.05) is 35.5 Å². The van der Waals surface area contributed by atoms with Crippen molar-refractivity contribution < 1.29 is 10.0 Å². The fourth-order valence-corrected chi connectivity index (χ4v) is 1.83. The van der Waals surface area contributed by atoms with E-state index in [1.165, 1.54) is 12.8 Å². The smallest absolute Gasteiger partial charge is 0.235 e. The van der Waals surface area contributed by atoms with Crippen LogP contribution in [0.25, 0.3) is 0 Å². The van der Waals surface area contributed by atoms with Crippen LogP contribution in [-0.2, 0) is 4.79 Å². The van der Waals surface area contributed by atoms with Gasteiger partial charge < -0.3 is 16.3 Å². The van der Waals surface area contributed by atoms with E-state index < -0.39 is 5.92 Å². The van der Waals surface area contributed by atoms with E-state index in [1.807, 2.05) is 18.2 Å². The fraction of sp³-hybridized carbons (Fsp3) is 0.385. The molecule has 96 valence electrons. The van der Waals surface area contributed by atoms with Crippen LogP contribution in [0.15, 0.2) is 35.5 Å². The number of carbonyl (C=O) groups is 1. The van der Waals surface area contributed by atoms with Crippen LogP contribution in [-0.4, -0.2) is 23.5 Å². The SMILES string of the molecule is NC(=NO)C(C(=O)NCC1CC1)c1ccccc1. The Balaban J connectivity index is 2.11. The van der Waals surface area contributed by atoms with Crippen molar-refractivity contribution in [2.75, 3.05) is 6.54 Å². The number of oxime groups is 1. The maximum absolute atomic E-state index is 12.1. The van der Waals surface area contributed by atoms with Gasteiger partial charge in [-0.2, -0.15) is 0 Å². The van der Waals surface area contributed by atoms with Crippen LogP contribution >= 0.6 is 0 Å². The Morgan fingerprint density at radius 1 is 1.44 bits per heavy atom. The molecule has 0 aromatic heterocycles. The van der Waals surface area contributed by atoms with Gasteiger partial charge in [0.05, 0.1) is 0 Å². The average molecular weight is 247 g/mol. The second-order valence-electron chi connectivity index (χ2n) is 4.56. The van der Waals surface area contributed by atoms with E-state index in [9.17, 15) is 4.79 Å². The summed E-state index contributed by atoms with van der Waals surface area (Å²) in [7, 11) is 0. The number of benzene rings is 1. The van der Waals surface area contributed by atoms with E-state index in [2.05, 4.69) is 10.5 Å². The number of nitrogens with zero attached hydrogens (tertiary/aromatic N) is 1. The lowest BCUT2D eigenvalue weighted by atomic mass is 9.97. The normalized spacial score (nSPS) is 17.2. The molecule has 0 radical (unpaired) electrons. The van der Waals surface area contributed by atoms with Crippen LogP contribution in [0.1, 0.15) is 24.3 Å². The summed E-state index contributed by atoms with van der Waals surface area (Å²) < 4.78 is 0. The molecular formula is C13H17N3O2. The van der Waals surface area contributed by atoms with Gasteiger partial charge in [0.1, 0.15) is 5.92 Å². The molecule has 0 aliphatic heterocycles. The molecule has 0 spiro atoms. The summed E-state index contributed by atoms with van der Waals surface area (Å²) in [5.74, 6) is -0.439. The molecule has 1 aromatic carbocycles. The summed E-state index contributed by atoms with van der Waals surface area (Å²) in [6.45, 7) is 0.668. The maximum atomic E-state index is 12.1. The van der Waals surface area contributed by atoms with Crippen molar-refractivity contribution in [3.63, 3.8) is 0 Å². The minimum atomic E-state index is -0.727. The predicted molar refractivity (Wildman–Crippen MR) is 68.3 cm³/mol. The lowest BCUT2D eigenvalue weighted by Gasteiger charge is -2.15. The van der Waals surface area contributed by atoms with Crippen molar-refractivity contribution in [3.05, 3.63) is 35.9 Å². The lowest BCUT2D eigenvalue weighted by molar-refractivity contribution is -0.121. The molecule has 5 nitrogen and oxygen atoms in total. The molecular weight excluding hydrogens is 230 g/mol. The van der Waals surface area contributed by atoms with Crippen LogP contribution in [0.5, 0.6) is 0 Å². The average Bonchev–Trinajstić information content (AvgIpc) is 3.21. The van der Waals surface area contributed by atoms with E-state index >= 15 is 0 Å². The molecule has 1 saturated carbocycles. The van der Waals surface area contributed by atoms with Crippen molar-refractivity contribution in [2.45, 2.75) is 18.8 Å². The van der Waals surface area contributed by atoms with E-state index in [1.54, 1.807) is 12.1 Å². The fourth-order valence-electron chi connectivity index (χ4n) is 1.83. The Labute approximate surface area is 106 Å². The van der Waals surface area contributed by atoms with Crippen molar-refractivity contribution in [3.8, 4) is 0 Å². The molecule has 0 saturated heterocycles. The minimum Gasteiger partial charge on any atom is -0.409 e. The zero-order valence-electron chi connectivity index (χ0n) is 10.0. The largest absolute Gasteiger partial charge is 0.409 e. The van der Waals surface area contributed by atoms with Gasteiger partial charge in [-0.15, -0.1) is 0 Å². The third-order valence-corrected chi connectivity index (χ3v) is 3.07. The van der Waals surface area contributed by atoms with Crippen LogP contribution < -0.4 is 11.1 Å². The van der Waals surface area contributed by atoms with Crippen LogP contribution in [0.3, 0.4) is 0 Å². The van der Waals surface area contributed by atoms with Gasteiger partial charge >= 0.3 is 0 Å². The summed E-state index contributed by atoms with van der Waals surface area (Å²) in [5.41, 5.74) is 6.33. The number of amidine groups is 1. The Morgan fingerprint density at radius 3 is 2.67 bits per heavy atom. The Bertz CT molecular complexity index is 441. The topological polar surface area (TPSA) is 87.7 Å². The first-order valence-electron chi connectivity index (χ1n) is 6.02. The van der Waals surface area contributed by atoms with Crippen LogP contribution in [0.2, 0.25) is 0 Å². The molecule has 1 fully saturated rings. The first-order chi connectivity index (χ1) is 8.72. The molecule has 1 aliphatic carbocycles. The summed E-state index contributed by atoms with van der Waals surface area (Å²) >= 11 is 0. The van der Waals surface area contributed by atoms with Crippen molar-refractivity contribution in [1.82, 2.24) is 5.32 Å². The van der Waals surface area contributed by atoms with Crippen LogP contribution in [0.4, 0.5) is 0 Å². The van der Waals surface area contributed by atoms with Gasteiger partial charge in [0.15, 0.2) is 5.84 Å². The standard InChI is InChI=1S/C13H17N3O2/c14-12(16-18)11(10-4-2-1-3-5-10)13(17)15-8-9-6-7-9/h1-5,9,11,18H,6-8H2,(H2,14,16)(H,15,17). The van der Waals surface area contributed by atoms with E-state index in [-0.39, 0.29) is 11.7 Å². The first-order valence-corrected chi connectivity index (χ1v) is 6.02. The maximum Gasteiger partial charge on any atom is 0.235 e. The van der Waals surface area contributed by atoms with Crippen molar-refractivity contribution in [2.24, 2.45) is 16.8 Å². The molecule has 1 aliphatic rings. The van der Waals surface area contributed by atoms with Crippen molar-refractivity contribution in [1.29, 1.82) is 0 Å². The minimum absolute atomic E-state index is 0.0884. The molecule has 1 unspecified atom stereocenters. The summed E-state index contributed by atoms with van der Waals surface area (Å²) in [4.78, 5) is 12.1. The third kappa shape index (κ3) is 3.00. The highest BCUT2D eigenvalue weighted by Gasteiger charge is 2.27. The molecule has 0 heterocycles. The highest BCUT2D eigenvalue weighted by atomic mass is 16.4. The predicted octanol–water partition coefficient (Wildman–Crippen LogP) is 1.04. The molecule has 4 N–H and O–H groups in total. The van der Waals surface area contributed by atoms with E-state index in [0.29, 0.717) is 12.5 Å². The molecule has 2 rings (SSSR count). The summed E-state index contributed by atoms with van der Waals surface area (Å²) in [6.07, 6.45) is 2.33. The number of nitrogens with one attached hydrogen (secondary N) is 1. The quantitative estimate of drug-likeness (QED) is 0.314. The third-order valence-electron chi connectivity index (χ3n) is 3.07. The highest BCUT2D eigenvalue weighted by molar-refractivity contribution is 6.07. The number of hydrogen-bond donors (Lipinski definition) is 3. The molecule has 0 bridgehead atoms. The molecule has 1 atom stereocenters. The molecule has 1 amide bonds. The summed E-state index contributed by atoms with van der Waals surface area (Å²) in [5, 5.41) is 14.6. The van der Waals surface area contributed by atoms with Gasteiger partial charge in [-0.25, -0.2) is 0 Å². The Hall–Kier alpha value is -2.04. The lowest BCUT2D eigenvalue weighted by Crippen LogP contribution is -2.38. The van der Waals surface area contributed by atoms with Crippen molar-refractivity contribution >= 4 is 11.7 Å². The first kappa shape index (κ1) is 12.4. The van der Waals surface area contributed by atoms with Gasteiger partial charge in [-0.3, -0.25) is 4.79 Å². The second-order valence-corrected chi connectivity index (χ2v) is 4.56. The van der Waals surface area contributed by atoms with Crippen LogP contribution in [0, 0.1) is 5.92 Å². The van der Waals surface area contributed by atoms with Gasteiger partial charge in [0, 0.05) is 6.54 Å². The zero-order valence-corrected chi connectivity index (χ0v) is 10.0. The molecule has 18 heavy (non-hydrogen) atoms. The number of hydrogen-bond acceptors (Lipinski definition) is 3. The van der Waals surface area contributed by atoms with Gasteiger partial charge in [0.25, 0.3) is 0 Å². The number of amides is 1. The highest BCUT2D eigenvalue weighted by Crippen LogP contribution is 2.28. The van der Waals surface area contributed by atoms with Gasteiger partial charge in [-0.05, 0) is 24.3 Å². The monoisotopic (exact) mass is 247 g/mol.